The number of carbonyl (C=O) groups excluding carboxylic acids is 1. The minimum absolute atomic E-state index is 0.0392. The molecule has 0 atom stereocenters. The van der Waals surface area contributed by atoms with E-state index in [1.54, 1.807) is 18.2 Å². The zero-order chi connectivity index (χ0) is 9.84. The van der Waals surface area contributed by atoms with Crippen LogP contribution in [-0.4, -0.2) is 10.9 Å². The van der Waals surface area contributed by atoms with E-state index in [0.717, 1.165) is 18.4 Å². The predicted octanol–water partition coefficient (Wildman–Crippen LogP) is 2.55. The van der Waals surface area contributed by atoms with E-state index in [9.17, 15) is 9.90 Å². The molecule has 0 aliphatic carbocycles. The monoisotopic (exact) mass is 178 g/mol. The molecule has 70 valence electrons. The summed E-state index contributed by atoms with van der Waals surface area (Å²) in [4.78, 5) is 11.0. The van der Waals surface area contributed by atoms with Crippen LogP contribution in [0.5, 0.6) is 5.75 Å². The Morgan fingerprint density at radius 3 is 2.69 bits per heavy atom. The number of hydrogen-bond donors (Lipinski definition) is 1. The molecule has 0 fully saturated rings. The normalized spacial score (nSPS) is 10.0. The lowest BCUT2D eigenvalue weighted by Crippen LogP contribution is -1.94. The Bertz CT molecular complexity index is 316. The van der Waals surface area contributed by atoms with Crippen LogP contribution in [0.2, 0.25) is 0 Å². The molecule has 0 unspecified atom stereocenters. The van der Waals surface area contributed by atoms with Crippen molar-refractivity contribution in [3.63, 3.8) is 0 Å². The first-order chi connectivity index (χ1) is 6.15. The summed E-state index contributed by atoms with van der Waals surface area (Å²) in [6.07, 6.45) is 1.78. The zero-order valence-electron chi connectivity index (χ0n) is 8.00. The Balaban J connectivity index is 3.03. The van der Waals surface area contributed by atoms with Crippen LogP contribution >= 0.6 is 0 Å². The number of aryl methyl sites for hydroxylation is 1. The van der Waals surface area contributed by atoms with Gasteiger partial charge in [0.15, 0.2) is 5.78 Å². The van der Waals surface area contributed by atoms with E-state index >= 15 is 0 Å². The predicted molar refractivity (Wildman–Crippen MR) is 52.1 cm³/mol. The van der Waals surface area contributed by atoms with Crippen molar-refractivity contribution in [3.05, 3.63) is 29.3 Å². The minimum atomic E-state index is 0.0392. The molecule has 0 amide bonds. The molecular weight excluding hydrogens is 164 g/mol. The first-order valence-electron chi connectivity index (χ1n) is 4.48. The largest absolute Gasteiger partial charge is 0.508 e. The van der Waals surface area contributed by atoms with Gasteiger partial charge < -0.3 is 5.11 Å². The topological polar surface area (TPSA) is 37.3 Å². The van der Waals surface area contributed by atoms with Crippen LogP contribution in [0.15, 0.2) is 18.2 Å². The van der Waals surface area contributed by atoms with Gasteiger partial charge in [-0.1, -0.05) is 13.3 Å². The van der Waals surface area contributed by atoms with E-state index in [0.29, 0.717) is 5.56 Å². The van der Waals surface area contributed by atoms with Gasteiger partial charge in [0.1, 0.15) is 5.75 Å². The van der Waals surface area contributed by atoms with E-state index in [4.69, 9.17) is 0 Å². The lowest BCUT2D eigenvalue weighted by molar-refractivity contribution is 0.101. The maximum Gasteiger partial charge on any atom is 0.159 e. The standard InChI is InChI=1S/C11H14O2/c1-3-4-10-7-9(8(2)12)5-6-11(10)13/h5-7,13H,3-4H2,1-2H3. The average molecular weight is 178 g/mol. The summed E-state index contributed by atoms with van der Waals surface area (Å²) in [7, 11) is 0. The third kappa shape index (κ3) is 2.31. The van der Waals surface area contributed by atoms with Crippen LogP contribution in [0.4, 0.5) is 0 Å². The highest BCUT2D eigenvalue weighted by atomic mass is 16.3. The molecule has 1 N–H and O–H groups in total. The molecule has 0 bridgehead atoms. The lowest BCUT2D eigenvalue weighted by atomic mass is 10.0. The van der Waals surface area contributed by atoms with Crippen LogP contribution in [0, 0.1) is 0 Å². The van der Waals surface area contributed by atoms with Gasteiger partial charge in [0, 0.05) is 5.56 Å². The number of phenolic OH excluding ortho intramolecular Hbond substituents is 1. The van der Waals surface area contributed by atoms with Gasteiger partial charge in [-0.2, -0.15) is 0 Å². The zero-order valence-corrected chi connectivity index (χ0v) is 8.00. The Kier molecular flexibility index (Phi) is 3.07. The first-order valence-corrected chi connectivity index (χ1v) is 4.48. The van der Waals surface area contributed by atoms with E-state index < -0.39 is 0 Å². The Morgan fingerprint density at radius 1 is 1.46 bits per heavy atom. The Morgan fingerprint density at radius 2 is 2.15 bits per heavy atom. The van der Waals surface area contributed by atoms with Crippen LogP contribution < -0.4 is 0 Å². The van der Waals surface area contributed by atoms with E-state index in [1.807, 2.05) is 6.92 Å². The number of carbonyl (C=O) groups is 1. The number of rotatable bonds is 3. The van der Waals surface area contributed by atoms with Crippen molar-refractivity contribution in [1.82, 2.24) is 0 Å². The maximum atomic E-state index is 11.0. The van der Waals surface area contributed by atoms with E-state index in [2.05, 4.69) is 0 Å². The number of Topliss-reactive ketones (excluding diaryl/α,β-unsaturated/α-hetero) is 1. The summed E-state index contributed by atoms with van der Waals surface area (Å²) in [5.74, 6) is 0.323. The lowest BCUT2D eigenvalue weighted by Gasteiger charge is -2.04. The number of phenols is 1. The summed E-state index contributed by atoms with van der Waals surface area (Å²) in [5.41, 5.74) is 1.52. The summed E-state index contributed by atoms with van der Waals surface area (Å²) in [6.45, 7) is 3.57. The summed E-state index contributed by atoms with van der Waals surface area (Å²) < 4.78 is 0. The molecule has 0 saturated heterocycles. The third-order valence-corrected chi connectivity index (χ3v) is 2.01. The van der Waals surface area contributed by atoms with E-state index in [-0.39, 0.29) is 11.5 Å². The minimum Gasteiger partial charge on any atom is -0.508 e. The highest BCUT2D eigenvalue weighted by molar-refractivity contribution is 5.94. The molecule has 13 heavy (non-hydrogen) atoms. The Labute approximate surface area is 78.2 Å². The summed E-state index contributed by atoms with van der Waals surface area (Å²) >= 11 is 0. The maximum absolute atomic E-state index is 11.0. The molecule has 0 aromatic heterocycles. The second kappa shape index (κ2) is 4.08. The Hall–Kier alpha value is -1.31. The molecule has 0 aliphatic heterocycles. The van der Waals surface area contributed by atoms with Crippen molar-refractivity contribution >= 4 is 5.78 Å². The summed E-state index contributed by atoms with van der Waals surface area (Å²) in [5, 5.41) is 9.44. The van der Waals surface area contributed by atoms with E-state index in [1.165, 1.54) is 6.92 Å². The van der Waals surface area contributed by atoms with Gasteiger partial charge in [0.05, 0.1) is 0 Å². The van der Waals surface area contributed by atoms with Gasteiger partial charge in [0.2, 0.25) is 0 Å². The van der Waals surface area contributed by atoms with Gasteiger partial charge in [-0.15, -0.1) is 0 Å². The molecule has 1 aromatic carbocycles. The molecule has 2 heteroatoms. The molecule has 2 nitrogen and oxygen atoms in total. The fourth-order valence-corrected chi connectivity index (χ4v) is 1.27. The molecule has 0 aliphatic rings. The van der Waals surface area contributed by atoms with Gasteiger partial charge in [0.25, 0.3) is 0 Å². The SMILES string of the molecule is CCCc1cc(C(C)=O)ccc1O. The first kappa shape index (κ1) is 9.78. The molecule has 1 rings (SSSR count). The second-order valence-corrected chi connectivity index (χ2v) is 3.15. The van der Waals surface area contributed by atoms with Crippen molar-refractivity contribution in [3.8, 4) is 5.75 Å². The quantitative estimate of drug-likeness (QED) is 0.722. The van der Waals surface area contributed by atoms with Crippen LogP contribution in [0.1, 0.15) is 36.2 Å². The highest BCUT2D eigenvalue weighted by Gasteiger charge is 2.04. The van der Waals surface area contributed by atoms with Gasteiger partial charge in [-0.05, 0) is 37.1 Å². The number of benzene rings is 1. The van der Waals surface area contributed by atoms with Crippen molar-refractivity contribution in [1.29, 1.82) is 0 Å². The molecule has 0 radical (unpaired) electrons. The van der Waals surface area contributed by atoms with Crippen LogP contribution in [-0.2, 0) is 6.42 Å². The summed E-state index contributed by atoms with van der Waals surface area (Å²) in [6, 6.07) is 5.00. The molecular formula is C11H14O2. The highest BCUT2D eigenvalue weighted by Crippen LogP contribution is 2.20. The smallest absolute Gasteiger partial charge is 0.159 e. The fourth-order valence-electron chi connectivity index (χ4n) is 1.27. The second-order valence-electron chi connectivity index (χ2n) is 3.15. The van der Waals surface area contributed by atoms with Crippen molar-refractivity contribution in [2.24, 2.45) is 0 Å². The molecule has 0 spiro atoms. The van der Waals surface area contributed by atoms with Crippen molar-refractivity contribution in [2.75, 3.05) is 0 Å². The molecule has 0 heterocycles. The van der Waals surface area contributed by atoms with Crippen LogP contribution in [0.3, 0.4) is 0 Å². The van der Waals surface area contributed by atoms with Crippen molar-refractivity contribution < 1.29 is 9.90 Å². The third-order valence-electron chi connectivity index (χ3n) is 2.01. The van der Waals surface area contributed by atoms with Gasteiger partial charge >= 0.3 is 0 Å². The molecule has 1 aromatic rings. The number of ketones is 1. The number of hydrogen-bond acceptors (Lipinski definition) is 2. The van der Waals surface area contributed by atoms with Crippen molar-refractivity contribution in [2.45, 2.75) is 26.7 Å². The molecule has 0 saturated carbocycles. The van der Waals surface area contributed by atoms with Gasteiger partial charge in [-0.3, -0.25) is 4.79 Å². The van der Waals surface area contributed by atoms with Crippen LogP contribution in [0.25, 0.3) is 0 Å². The average Bonchev–Trinajstić information content (AvgIpc) is 2.08. The fraction of sp³-hybridized carbons (Fsp3) is 0.364. The van der Waals surface area contributed by atoms with Gasteiger partial charge in [-0.25, -0.2) is 0 Å². The number of aromatic hydroxyl groups is 1.